The van der Waals surface area contributed by atoms with Gasteiger partial charge < -0.3 is 9.47 Å². The molecule has 1 aliphatic rings. The summed E-state index contributed by atoms with van der Waals surface area (Å²) in [7, 11) is 0. The van der Waals surface area contributed by atoms with E-state index in [1.165, 1.54) is 0 Å². The smallest absolute Gasteiger partial charge is 0.133 e. The molecule has 1 aliphatic heterocycles. The molecule has 0 N–H and O–H groups in total. The van der Waals surface area contributed by atoms with Crippen molar-refractivity contribution in [3.05, 3.63) is 12.0 Å². The zero-order chi connectivity index (χ0) is 9.84. The molecule has 0 saturated heterocycles. The van der Waals surface area contributed by atoms with Gasteiger partial charge in [0.1, 0.15) is 18.1 Å². The molecule has 0 aromatic carbocycles. The number of rotatable bonds is 3. The fourth-order valence-electron chi connectivity index (χ4n) is 1.77. The Morgan fingerprint density at radius 3 is 2.62 bits per heavy atom. The Balaban J connectivity index is 2.64. The van der Waals surface area contributed by atoms with Crippen LogP contribution < -0.4 is 0 Å². The zero-order valence-corrected chi connectivity index (χ0v) is 9.04. The Hall–Kier alpha value is -0.660. The number of ether oxygens (including phenoxy) is 2. The number of hydrogen-bond donors (Lipinski definition) is 0. The maximum absolute atomic E-state index is 5.59. The summed E-state index contributed by atoms with van der Waals surface area (Å²) in [4.78, 5) is 0. The molecule has 2 heteroatoms. The first-order valence-electron chi connectivity index (χ1n) is 5.19. The van der Waals surface area contributed by atoms with Gasteiger partial charge in [-0.05, 0) is 13.3 Å². The lowest BCUT2D eigenvalue weighted by atomic mass is 9.86. The van der Waals surface area contributed by atoms with Crippen molar-refractivity contribution in [3.63, 3.8) is 0 Å². The highest BCUT2D eigenvalue weighted by atomic mass is 16.5. The van der Waals surface area contributed by atoms with Gasteiger partial charge in [0.05, 0.1) is 6.61 Å². The van der Waals surface area contributed by atoms with E-state index in [0.717, 1.165) is 18.8 Å². The van der Waals surface area contributed by atoms with Crippen LogP contribution in [0.3, 0.4) is 0 Å². The van der Waals surface area contributed by atoms with E-state index in [2.05, 4.69) is 20.8 Å². The van der Waals surface area contributed by atoms with Crippen LogP contribution in [0.1, 0.15) is 34.1 Å². The van der Waals surface area contributed by atoms with Crippen molar-refractivity contribution < 1.29 is 9.47 Å². The minimum atomic E-state index is 0.360. The summed E-state index contributed by atoms with van der Waals surface area (Å²) in [5.41, 5.74) is 0. The van der Waals surface area contributed by atoms with E-state index in [-0.39, 0.29) is 0 Å². The molecule has 0 saturated carbocycles. The first-order chi connectivity index (χ1) is 6.20. The van der Waals surface area contributed by atoms with Gasteiger partial charge in [-0.1, -0.05) is 20.8 Å². The van der Waals surface area contributed by atoms with Gasteiger partial charge >= 0.3 is 0 Å². The summed E-state index contributed by atoms with van der Waals surface area (Å²) in [6.45, 7) is 9.32. The van der Waals surface area contributed by atoms with Gasteiger partial charge in [0.15, 0.2) is 0 Å². The Morgan fingerprint density at radius 2 is 2.08 bits per heavy atom. The predicted octanol–water partition coefficient (Wildman–Crippen LogP) is 2.95. The van der Waals surface area contributed by atoms with E-state index < -0.39 is 0 Å². The minimum Gasteiger partial charge on any atom is -0.495 e. The van der Waals surface area contributed by atoms with Crippen LogP contribution >= 0.6 is 0 Å². The maximum Gasteiger partial charge on any atom is 0.133 e. The second-order valence-corrected chi connectivity index (χ2v) is 3.68. The Morgan fingerprint density at radius 1 is 1.38 bits per heavy atom. The molecule has 1 rings (SSSR count). The third-order valence-corrected chi connectivity index (χ3v) is 2.90. The SMILES string of the molecule is CCOC1=COC(CC)C(C)C1C. The Labute approximate surface area is 80.9 Å². The highest BCUT2D eigenvalue weighted by Crippen LogP contribution is 2.31. The van der Waals surface area contributed by atoms with Gasteiger partial charge in [0.2, 0.25) is 0 Å². The molecule has 3 atom stereocenters. The molecular formula is C11H20O2. The fourth-order valence-corrected chi connectivity index (χ4v) is 1.77. The molecule has 0 amide bonds. The molecule has 3 unspecified atom stereocenters. The molecule has 76 valence electrons. The summed E-state index contributed by atoms with van der Waals surface area (Å²) in [6.07, 6.45) is 3.23. The van der Waals surface area contributed by atoms with Gasteiger partial charge in [-0.25, -0.2) is 0 Å². The summed E-state index contributed by atoms with van der Waals surface area (Å²) in [5.74, 6) is 2.04. The lowest BCUT2D eigenvalue weighted by Crippen LogP contribution is -2.30. The summed E-state index contributed by atoms with van der Waals surface area (Å²) >= 11 is 0. The molecule has 13 heavy (non-hydrogen) atoms. The molecule has 0 aliphatic carbocycles. The Bertz CT molecular complexity index is 187. The summed E-state index contributed by atoms with van der Waals surface area (Å²) < 4.78 is 11.1. The minimum absolute atomic E-state index is 0.360. The second kappa shape index (κ2) is 4.54. The lowest BCUT2D eigenvalue weighted by Gasteiger charge is -2.33. The van der Waals surface area contributed by atoms with Crippen molar-refractivity contribution in [2.24, 2.45) is 11.8 Å². The van der Waals surface area contributed by atoms with Crippen molar-refractivity contribution >= 4 is 0 Å². The third kappa shape index (κ3) is 2.17. The standard InChI is InChI=1S/C11H20O2/c1-5-10-8(3)9(4)11(7-13-10)12-6-2/h7-10H,5-6H2,1-4H3. The topological polar surface area (TPSA) is 18.5 Å². The second-order valence-electron chi connectivity index (χ2n) is 3.68. The molecule has 0 bridgehead atoms. The first kappa shape index (κ1) is 10.4. The van der Waals surface area contributed by atoms with Crippen molar-refractivity contribution in [2.45, 2.75) is 40.2 Å². The molecule has 0 spiro atoms. The molecule has 2 nitrogen and oxygen atoms in total. The quantitative estimate of drug-likeness (QED) is 0.671. The van der Waals surface area contributed by atoms with Crippen LogP contribution in [0.15, 0.2) is 12.0 Å². The average Bonchev–Trinajstić information content (AvgIpc) is 2.14. The first-order valence-corrected chi connectivity index (χ1v) is 5.19. The predicted molar refractivity (Wildman–Crippen MR) is 53.2 cm³/mol. The summed E-state index contributed by atoms with van der Waals surface area (Å²) in [6, 6.07) is 0. The van der Waals surface area contributed by atoms with Crippen LogP contribution in [0.5, 0.6) is 0 Å². The van der Waals surface area contributed by atoms with Gasteiger partial charge in [0, 0.05) is 11.8 Å². The van der Waals surface area contributed by atoms with Crippen LogP contribution in [0, 0.1) is 11.8 Å². The highest BCUT2D eigenvalue weighted by Gasteiger charge is 2.30. The molecule has 0 radical (unpaired) electrons. The van der Waals surface area contributed by atoms with Crippen LogP contribution in [-0.4, -0.2) is 12.7 Å². The molecule has 0 aromatic heterocycles. The third-order valence-electron chi connectivity index (χ3n) is 2.90. The fraction of sp³-hybridized carbons (Fsp3) is 0.818. The average molecular weight is 184 g/mol. The van der Waals surface area contributed by atoms with Crippen molar-refractivity contribution in [1.82, 2.24) is 0 Å². The Kier molecular flexibility index (Phi) is 3.64. The van der Waals surface area contributed by atoms with Crippen LogP contribution in [0.2, 0.25) is 0 Å². The maximum atomic E-state index is 5.59. The van der Waals surface area contributed by atoms with E-state index in [9.17, 15) is 0 Å². The van der Waals surface area contributed by atoms with E-state index in [4.69, 9.17) is 9.47 Å². The van der Waals surface area contributed by atoms with Crippen molar-refractivity contribution in [3.8, 4) is 0 Å². The van der Waals surface area contributed by atoms with Crippen molar-refractivity contribution in [2.75, 3.05) is 6.61 Å². The molecule has 0 aromatic rings. The lowest BCUT2D eigenvalue weighted by molar-refractivity contribution is 0.0143. The number of allylic oxidation sites excluding steroid dienone is 1. The van der Waals surface area contributed by atoms with Crippen LogP contribution in [0.4, 0.5) is 0 Å². The molecule has 0 fully saturated rings. The molecular weight excluding hydrogens is 164 g/mol. The van der Waals surface area contributed by atoms with Gasteiger partial charge in [-0.15, -0.1) is 0 Å². The van der Waals surface area contributed by atoms with Gasteiger partial charge in [0.25, 0.3) is 0 Å². The highest BCUT2D eigenvalue weighted by molar-refractivity contribution is 5.00. The van der Waals surface area contributed by atoms with Crippen molar-refractivity contribution in [1.29, 1.82) is 0 Å². The summed E-state index contributed by atoms with van der Waals surface area (Å²) in [5, 5.41) is 0. The van der Waals surface area contributed by atoms with E-state index >= 15 is 0 Å². The monoisotopic (exact) mass is 184 g/mol. The van der Waals surface area contributed by atoms with Gasteiger partial charge in [-0.2, -0.15) is 0 Å². The largest absolute Gasteiger partial charge is 0.495 e. The normalized spacial score (nSPS) is 33.5. The van der Waals surface area contributed by atoms with Crippen LogP contribution in [-0.2, 0) is 9.47 Å². The zero-order valence-electron chi connectivity index (χ0n) is 9.04. The van der Waals surface area contributed by atoms with Gasteiger partial charge in [-0.3, -0.25) is 0 Å². The molecule has 1 heterocycles. The van der Waals surface area contributed by atoms with Crippen LogP contribution in [0.25, 0.3) is 0 Å². The number of hydrogen-bond acceptors (Lipinski definition) is 2. The van der Waals surface area contributed by atoms with E-state index in [1.54, 1.807) is 6.26 Å². The van der Waals surface area contributed by atoms with E-state index in [0.29, 0.717) is 17.9 Å². The van der Waals surface area contributed by atoms with E-state index in [1.807, 2.05) is 6.92 Å².